The van der Waals surface area contributed by atoms with E-state index in [0.29, 0.717) is 19.4 Å². The fourth-order valence-corrected chi connectivity index (χ4v) is 0.852. The third kappa shape index (κ3) is 4.91. The van der Waals surface area contributed by atoms with Crippen molar-refractivity contribution >= 4 is 12.0 Å². The van der Waals surface area contributed by atoms with Gasteiger partial charge in [0, 0.05) is 20.0 Å². The number of carbonyl (C=O) groups is 2. The highest BCUT2D eigenvalue weighted by atomic mass is 16.4. The van der Waals surface area contributed by atoms with E-state index in [9.17, 15) is 9.59 Å². The van der Waals surface area contributed by atoms with Crippen LogP contribution in [0.2, 0.25) is 0 Å². The van der Waals surface area contributed by atoms with Crippen LogP contribution in [-0.4, -0.2) is 41.6 Å². The molecule has 2 amide bonds. The SMILES string of the molecule is C#CCCCNC(=O)N(C)C(C)C(=O)O. The van der Waals surface area contributed by atoms with Gasteiger partial charge in [-0.05, 0) is 13.3 Å². The zero-order valence-corrected chi connectivity index (χ0v) is 8.99. The monoisotopic (exact) mass is 212 g/mol. The van der Waals surface area contributed by atoms with Gasteiger partial charge in [-0.3, -0.25) is 0 Å². The first-order valence-electron chi connectivity index (χ1n) is 4.67. The molecular weight excluding hydrogens is 196 g/mol. The highest BCUT2D eigenvalue weighted by molar-refractivity contribution is 5.82. The maximum absolute atomic E-state index is 11.4. The normalized spacial score (nSPS) is 11.3. The van der Waals surface area contributed by atoms with Crippen molar-refractivity contribution in [3.05, 3.63) is 0 Å². The minimum atomic E-state index is -1.03. The van der Waals surface area contributed by atoms with E-state index in [0.717, 1.165) is 4.90 Å². The standard InChI is InChI=1S/C10H16N2O3/c1-4-5-6-7-11-10(15)12(3)8(2)9(13)14/h1,8H,5-7H2,2-3H3,(H,11,15)(H,13,14). The van der Waals surface area contributed by atoms with Crippen LogP contribution in [0.3, 0.4) is 0 Å². The maximum Gasteiger partial charge on any atom is 0.326 e. The lowest BCUT2D eigenvalue weighted by atomic mass is 10.3. The van der Waals surface area contributed by atoms with Crippen molar-refractivity contribution in [1.82, 2.24) is 10.2 Å². The van der Waals surface area contributed by atoms with Crippen LogP contribution in [0.4, 0.5) is 4.79 Å². The molecule has 0 aromatic carbocycles. The van der Waals surface area contributed by atoms with Crippen molar-refractivity contribution in [3.63, 3.8) is 0 Å². The first-order chi connectivity index (χ1) is 7.00. The van der Waals surface area contributed by atoms with Gasteiger partial charge in [-0.2, -0.15) is 0 Å². The van der Waals surface area contributed by atoms with E-state index in [1.807, 2.05) is 0 Å². The summed E-state index contributed by atoms with van der Waals surface area (Å²) in [6.07, 6.45) is 6.33. The number of urea groups is 1. The molecule has 0 aromatic rings. The van der Waals surface area contributed by atoms with E-state index in [1.165, 1.54) is 14.0 Å². The number of rotatable bonds is 5. The van der Waals surface area contributed by atoms with Crippen molar-refractivity contribution < 1.29 is 14.7 Å². The third-order valence-electron chi connectivity index (χ3n) is 2.03. The van der Waals surface area contributed by atoms with Gasteiger partial charge in [0.1, 0.15) is 6.04 Å². The van der Waals surface area contributed by atoms with E-state index < -0.39 is 18.0 Å². The Labute approximate surface area is 89.4 Å². The second kappa shape index (κ2) is 6.71. The third-order valence-corrected chi connectivity index (χ3v) is 2.03. The van der Waals surface area contributed by atoms with Crippen molar-refractivity contribution in [3.8, 4) is 12.3 Å². The lowest BCUT2D eigenvalue weighted by Crippen LogP contribution is -2.45. The summed E-state index contributed by atoms with van der Waals surface area (Å²) in [4.78, 5) is 23.1. The molecular formula is C10H16N2O3. The molecule has 0 aliphatic heterocycles. The number of unbranched alkanes of at least 4 members (excludes halogenated alkanes) is 1. The number of terminal acetylenes is 1. The Morgan fingerprint density at radius 2 is 2.20 bits per heavy atom. The second-order valence-electron chi connectivity index (χ2n) is 3.16. The highest BCUT2D eigenvalue weighted by Crippen LogP contribution is 1.96. The molecule has 0 heterocycles. The molecule has 0 spiro atoms. The summed E-state index contributed by atoms with van der Waals surface area (Å²) < 4.78 is 0. The summed E-state index contributed by atoms with van der Waals surface area (Å²) in [5.74, 6) is 1.42. The van der Waals surface area contributed by atoms with E-state index in [1.54, 1.807) is 0 Å². The largest absolute Gasteiger partial charge is 0.480 e. The first kappa shape index (κ1) is 13.3. The van der Waals surface area contributed by atoms with Gasteiger partial charge in [-0.1, -0.05) is 0 Å². The number of nitrogens with one attached hydrogen (secondary N) is 1. The molecule has 5 heteroatoms. The molecule has 0 aliphatic carbocycles. The number of carboxylic acids is 1. The van der Waals surface area contributed by atoms with E-state index in [2.05, 4.69) is 11.2 Å². The molecule has 0 radical (unpaired) electrons. The number of nitrogens with zero attached hydrogens (tertiary/aromatic N) is 1. The predicted octanol–water partition coefficient (Wildman–Crippen LogP) is 0.514. The van der Waals surface area contributed by atoms with Crippen molar-refractivity contribution in [2.45, 2.75) is 25.8 Å². The Kier molecular flexibility index (Phi) is 5.95. The molecule has 0 rings (SSSR count). The van der Waals surface area contributed by atoms with Crippen molar-refractivity contribution in [2.75, 3.05) is 13.6 Å². The summed E-state index contributed by atoms with van der Waals surface area (Å²) in [6, 6.07) is -1.24. The lowest BCUT2D eigenvalue weighted by molar-refractivity contribution is -0.141. The predicted molar refractivity (Wildman–Crippen MR) is 56.3 cm³/mol. The summed E-state index contributed by atoms with van der Waals surface area (Å²) >= 11 is 0. The van der Waals surface area contributed by atoms with Crippen LogP contribution in [0.15, 0.2) is 0 Å². The average molecular weight is 212 g/mol. The van der Waals surface area contributed by atoms with E-state index in [4.69, 9.17) is 11.5 Å². The molecule has 0 aromatic heterocycles. The number of carbonyl (C=O) groups excluding carboxylic acids is 1. The number of likely N-dealkylation sites (N-methyl/N-ethyl adjacent to an activating group) is 1. The Morgan fingerprint density at radius 1 is 1.60 bits per heavy atom. The molecule has 0 bridgehead atoms. The molecule has 1 unspecified atom stereocenters. The summed E-state index contributed by atoms with van der Waals surface area (Å²) in [5.41, 5.74) is 0. The zero-order chi connectivity index (χ0) is 11.8. The Balaban J connectivity index is 3.90. The van der Waals surface area contributed by atoms with E-state index >= 15 is 0 Å². The molecule has 1 atom stereocenters. The number of aliphatic carboxylic acids is 1. The molecule has 0 fully saturated rings. The summed E-state index contributed by atoms with van der Waals surface area (Å²) in [6.45, 7) is 1.91. The van der Waals surface area contributed by atoms with Crippen LogP contribution in [0.1, 0.15) is 19.8 Å². The zero-order valence-electron chi connectivity index (χ0n) is 8.99. The fourth-order valence-electron chi connectivity index (χ4n) is 0.852. The van der Waals surface area contributed by atoms with E-state index in [-0.39, 0.29) is 0 Å². The smallest absolute Gasteiger partial charge is 0.326 e. The maximum atomic E-state index is 11.4. The molecule has 0 saturated heterocycles. The molecule has 0 aliphatic rings. The van der Waals surface area contributed by atoms with Gasteiger partial charge in [0.05, 0.1) is 0 Å². The summed E-state index contributed by atoms with van der Waals surface area (Å²) in [5, 5.41) is 11.2. The van der Waals surface area contributed by atoms with Gasteiger partial charge in [0.25, 0.3) is 0 Å². The number of hydrogen-bond acceptors (Lipinski definition) is 2. The second-order valence-corrected chi connectivity index (χ2v) is 3.16. The average Bonchev–Trinajstić information content (AvgIpc) is 2.21. The first-order valence-corrected chi connectivity index (χ1v) is 4.67. The minimum Gasteiger partial charge on any atom is -0.480 e. The van der Waals surface area contributed by atoms with Crippen LogP contribution in [-0.2, 0) is 4.79 Å². The number of carboxylic acid groups (broad SMARTS) is 1. The number of amides is 2. The summed E-state index contributed by atoms with van der Waals surface area (Å²) in [7, 11) is 1.44. The lowest BCUT2D eigenvalue weighted by Gasteiger charge is -2.21. The van der Waals surface area contributed by atoms with Crippen LogP contribution in [0.5, 0.6) is 0 Å². The topological polar surface area (TPSA) is 69.6 Å². The van der Waals surface area contributed by atoms with Crippen LogP contribution < -0.4 is 5.32 Å². The Hall–Kier alpha value is -1.70. The molecule has 84 valence electrons. The molecule has 15 heavy (non-hydrogen) atoms. The Bertz CT molecular complexity index is 270. The molecule has 2 N–H and O–H groups in total. The van der Waals surface area contributed by atoms with Gasteiger partial charge in [0.15, 0.2) is 0 Å². The quantitative estimate of drug-likeness (QED) is 0.515. The van der Waals surface area contributed by atoms with Gasteiger partial charge in [0.2, 0.25) is 0 Å². The van der Waals surface area contributed by atoms with Crippen molar-refractivity contribution in [1.29, 1.82) is 0 Å². The van der Waals surface area contributed by atoms with Gasteiger partial charge in [-0.15, -0.1) is 12.3 Å². The van der Waals surface area contributed by atoms with Gasteiger partial charge < -0.3 is 15.3 Å². The van der Waals surface area contributed by atoms with Crippen molar-refractivity contribution in [2.24, 2.45) is 0 Å². The van der Waals surface area contributed by atoms with Crippen LogP contribution in [0, 0.1) is 12.3 Å². The van der Waals surface area contributed by atoms with Gasteiger partial charge in [-0.25, -0.2) is 9.59 Å². The molecule has 0 saturated carbocycles. The highest BCUT2D eigenvalue weighted by Gasteiger charge is 2.20. The minimum absolute atomic E-state index is 0.401. The fraction of sp³-hybridized carbons (Fsp3) is 0.600. The Morgan fingerprint density at radius 3 is 2.67 bits per heavy atom. The van der Waals surface area contributed by atoms with Gasteiger partial charge >= 0.3 is 12.0 Å². The molecule has 5 nitrogen and oxygen atoms in total. The van der Waals surface area contributed by atoms with Crippen LogP contribution in [0.25, 0.3) is 0 Å². The number of hydrogen-bond donors (Lipinski definition) is 2. The van der Waals surface area contributed by atoms with Crippen LogP contribution >= 0.6 is 0 Å².